The van der Waals surface area contributed by atoms with Crippen LogP contribution in [0.25, 0.3) is 0 Å². The van der Waals surface area contributed by atoms with Crippen LogP contribution in [0.1, 0.15) is 66.7 Å². The number of carboxylic acids is 1. The van der Waals surface area contributed by atoms with E-state index in [-0.39, 0.29) is 10.8 Å². The van der Waals surface area contributed by atoms with Crippen molar-refractivity contribution in [1.82, 2.24) is 4.90 Å². The summed E-state index contributed by atoms with van der Waals surface area (Å²) in [4.78, 5) is 25.8. The van der Waals surface area contributed by atoms with E-state index in [1.165, 1.54) is 4.90 Å². The maximum absolute atomic E-state index is 12.6. The van der Waals surface area contributed by atoms with Crippen LogP contribution in [-0.4, -0.2) is 40.3 Å². The van der Waals surface area contributed by atoms with E-state index in [9.17, 15) is 14.7 Å². The number of hydrogen-bond donors (Lipinski definition) is 1. The molecule has 1 heterocycles. The third-order valence-corrected chi connectivity index (χ3v) is 5.51. The number of carbonyl (C=O) groups excluding carboxylic acids is 1. The minimum absolute atomic E-state index is 0.0611. The topological polar surface area (TPSA) is 66.8 Å². The maximum atomic E-state index is 12.6. The van der Waals surface area contributed by atoms with Crippen molar-refractivity contribution in [2.75, 3.05) is 6.54 Å². The number of allylic oxidation sites excluding steroid dienone is 1. The van der Waals surface area contributed by atoms with Crippen LogP contribution in [0.15, 0.2) is 12.2 Å². The summed E-state index contributed by atoms with van der Waals surface area (Å²) in [7, 11) is 0. The Kier molecular flexibility index (Phi) is 5.03. The lowest BCUT2D eigenvalue weighted by Crippen LogP contribution is -2.44. The predicted molar refractivity (Wildman–Crippen MR) is 92.8 cm³/mol. The average molecular weight is 337 g/mol. The largest absolute Gasteiger partial charge is 0.480 e. The molecule has 0 aromatic carbocycles. The molecule has 2 rings (SSSR count). The molecular weight excluding hydrogens is 306 g/mol. The monoisotopic (exact) mass is 337 g/mol. The van der Waals surface area contributed by atoms with Gasteiger partial charge in [-0.25, -0.2) is 9.59 Å². The molecule has 2 atom stereocenters. The van der Waals surface area contributed by atoms with Gasteiger partial charge in [-0.15, -0.1) is 0 Å². The van der Waals surface area contributed by atoms with Gasteiger partial charge in [-0.1, -0.05) is 32.4 Å². The molecule has 0 aromatic heterocycles. The fourth-order valence-electron chi connectivity index (χ4n) is 3.89. The summed E-state index contributed by atoms with van der Waals surface area (Å²) in [6.45, 7) is 10.2. The molecule has 0 saturated carbocycles. The normalized spacial score (nSPS) is 31.4. The number of carbonyl (C=O) groups is 2. The van der Waals surface area contributed by atoms with Crippen LogP contribution in [-0.2, 0) is 9.53 Å². The van der Waals surface area contributed by atoms with E-state index in [1.807, 2.05) is 0 Å². The van der Waals surface area contributed by atoms with Crippen molar-refractivity contribution in [3.05, 3.63) is 12.2 Å². The minimum Gasteiger partial charge on any atom is -0.480 e. The van der Waals surface area contributed by atoms with E-state index >= 15 is 0 Å². The Morgan fingerprint density at radius 1 is 1.25 bits per heavy atom. The Morgan fingerprint density at radius 3 is 2.50 bits per heavy atom. The zero-order valence-corrected chi connectivity index (χ0v) is 15.6. The van der Waals surface area contributed by atoms with Gasteiger partial charge in [0.05, 0.1) is 0 Å². The van der Waals surface area contributed by atoms with Gasteiger partial charge in [-0.2, -0.15) is 0 Å². The first-order valence-corrected chi connectivity index (χ1v) is 8.88. The third kappa shape index (κ3) is 3.76. The zero-order valence-electron chi connectivity index (χ0n) is 15.6. The Labute approximate surface area is 145 Å². The molecule has 1 N–H and O–H groups in total. The van der Waals surface area contributed by atoms with Gasteiger partial charge >= 0.3 is 12.1 Å². The molecule has 24 heavy (non-hydrogen) atoms. The molecule has 5 heteroatoms. The van der Waals surface area contributed by atoms with Crippen LogP contribution in [0.5, 0.6) is 0 Å². The van der Waals surface area contributed by atoms with Gasteiger partial charge in [0.1, 0.15) is 11.6 Å². The van der Waals surface area contributed by atoms with Crippen molar-refractivity contribution in [1.29, 1.82) is 0 Å². The number of hydrogen-bond acceptors (Lipinski definition) is 3. The van der Waals surface area contributed by atoms with E-state index in [4.69, 9.17) is 4.74 Å². The molecule has 0 bridgehead atoms. The minimum atomic E-state index is -0.955. The number of aliphatic carboxylic acids is 1. The zero-order chi connectivity index (χ0) is 18.2. The standard InChI is InChI=1S/C19H31NO4/c1-17(2,3)24-16(23)20-13-19(12-14(20)15(21)22)11-9-7-6-8-10-18(19,4)5/h9,11,14H,6-8,10,12-13H2,1-5H3,(H,21,22)/b11-9+/t14-,19-/m0/s1. The van der Waals surface area contributed by atoms with E-state index < -0.39 is 23.7 Å². The highest BCUT2D eigenvalue weighted by atomic mass is 16.6. The van der Waals surface area contributed by atoms with E-state index in [0.717, 1.165) is 25.7 Å². The lowest BCUT2D eigenvalue weighted by atomic mass is 9.61. The molecule has 1 amide bonds. The fraction of sp³-hybridized carbons (Fsp3) is 0.789. The molecule has 1 fully saturated rings. The van der Waals surface area contributed by atoms with Crippen LogP contribution in [0, 0.1) is 10.8 Å². The van der Waals surface area contributed by atoms with Crippen molar-refractivity contribution < 1.29 is 19.4 Å². The van der Waals surface area contributed by atoms with Crippen molar-refractivity contribution in [3.8, 4) is 0 Å². The summed E-state index contributed by atoms with van der Waals surface area (Å²) in [6, 6.07) is -0.830. The summed E-state index contributed by atoms with van der Waals surface area (Å²) >= 11 is 0. The highest BCUT2D eigenvalue weighted by Crippen LogP contribution is 2.53. The van der Waals surface area contributed by atoms with Crippen molar-refractivity contribution in [2.45, 2.75) is 78.4 Å². The molecule has 2 aliphatic rings. The lowest BCUT2D eigenvalue weighted by molar-refractivity contribution is -0.142. The number of amides is 1. The first-order chi connectivity index (χ1) is 11.0. The predicted octanol–water partition coefficient (Wildman–Crippen LogP) is 4.22. The fourth-order valence-corrected chi connectivity index (χ4v) is 3.89. The number of nitrogens with zero attached hydrogens (tertiary/aromatic N) is 1. The number of carboxylic acid groups (broad SMARTS) is 1. The first-order valence-electron chi connectivity index (χ1n) is 8.88. The Morgan fingerprint density at radius 2 is 1.92 bits per heavy atom. The van der Waals surface area contributed by atoms with Crippen LogP contribution < -0.4 is 0 Å². The smallest absolute Gasteiger partial charge is 0.411 e. The molecule has 1 aliphatic carbocycles. The second-order valence-electron chi connectivity index (χ2n) is 8.85. The second-order valence-corrected chi connectivity index (χ2v) is 8.85. The Hall–Kier alpha value is -1.52. The molecular formula is C19H31NO4. The highest BCUT2D eigenvalue weighted by molar-refractivity contribution is 5.81. The summed E-state index contributed by atoms with van der Waals surface area (Å²) < 4.78 is 5.46. The van der Waals surface area contributed by atoms with E-state index in [0.29, 0.717) is 13.0 Å². The van der Waals surface area contributed by atoms with Crippen LogP contribution in [0.4, 0.5) is 4.79 Å². The first kappa shape index (κ1) is 18.8. The second kappa shape index (κ2) is 6.41. The number of ether oxygens (including phenoxy) is 1. The van der Waals surface area contributed by atoms with Crippen molar-refractivity contribution in [3.63, 3.8) is 0 Å². The molecule has 0 unspecified atom stereocenters. The molecule has 136 valence electrons. The molecule has 0 radical (unpaired) electrons. The van der Waals surface area contributed by atoms with Gasteiger partial charge < -0.3 is 9.84 Å². The van der Waals surface area contributed by atoms with Crippen LogP contribution >= 0.6 is 0 Å². The van der Waals surface area contributed by atoms with Crippen LogP contribution in [0.2, 0.25) is 0 Å². The van der Waals surface area contributed by atoms with Crippen LogP contribution in [0.3, 0.4) is 0 Å². The van der Waals surface area contributed by atoms with Crippen molar-refractivity contribution in [2.24, 2.45) is 10.8 Å². The number of likely N-dealkylation sites (tertiary alicyclic amines) is 1. The van der Waals surface area contributed by atoms with Crippen molar-refractivity contribution >= 4 is 12.1 Å². The summed E-state index contributed by atoms with van der Waals surface area (Å²) in [5.74, 6) is -0.955. The molecule has 5 nitrogen and oxygen atoms in total. The third-order valence-electron chi connectivity index (χ3n) is 5.51. The SMILES string of the molecule is CC(C)(C)OC(=O)N1C[C@]2(/C=C/CCCCC2(C)C)C[C@H]1C(=O)O. The molecule has 1 spiro atoms. The highest BCUT2D eigenvalue weighted by Gasteiger charge is 2.55. The van der Waals surface area contributed by atoms with E-state index in [2.05, 4.69) is 26.0 Å². The maximum Gasteiger partial charge on any atom is 0.411 e. The lowest BCUT2D eigenvalue weighted by Gasteiger charge is -2.43. The number of rotatable bonds is 1. The van der Waals surface area contributed by atoms with Gasteiger partial charge in [0.15, 0.2) is 0 Å². The van der Waals surface area contributed by atoms with Gasteiger partial charge in [0.25, 0.3) is 0 Å². The summed E-state index contributed by atoms with van der Waals surface area (Å²) in [6.07, 6.45) is 8.60. The Bertz CT molecular complexity index is 532. The van der Waals surface area contributed by atoms with Gasteiger partial charge in [0.2, 0.25) is 0 Å². The van der Waals surface area contributed by atoms with E-state index in [1.54, 1.807) is 20.8 Å². The summed E-state index contributed by atoms with van der Waals surface area (Å²) in [5.41, 5.74) is -1.01. The average Bonchev–Trinajstić information content (AvgIpc) is 2.82. The van der Waals surface area contributed by atoms with Gasteiger partial charge in [0, 0.05) is 12.0 Å². The summed E-state index contributed by atoms with van der Waals surface area (Å²) in [5, 5.41) is 9.67. The van der Waals surface area contributed by atoms with Gasteiger partial charge in [-0.3, -0.25) is 4.90 Å². The molecule has 1 aliphatic heterocycles. The van der Waals surface area contributed by atoms with Gasteiger partial charge in [-0.05, 0) is 51.9 Å². The molecule has 0 aromatic rings. The quantitative estimate of drug-likeness (QED) is 0.727. The Balaban J connectivity index is 2.35. The molecule has 1 saturated heterocycles.